The van der Waals surface area contributed by atoms with Crippen LogP contribution in [0.25, 0.3) is 0 Å². The minimum Gasteiger partial charge on any atom is -0.492 e. The van der Waals surface area contributed by atoms with Crippen molar-refractivity contribution < 1.29 is 19.1 Å². The molecule has 0 bridgehead atoms. The van der Waals surface area contributed by atoms with E-state index in [1.54, 1.807) is 48.8 Å². The highest BCUT2D eigenvalue weighted by molar-refractivity contribution is 6.39. The summed E-state index contributed by atoms with van der Waals surface area (Å²) in [6.45, 7) is 3.95. The van der Waals surface area contributed by atoms with Crippen LogP contribution in [0, 0.1) is 5.92 Å². The summed E-state index contributed by atoms with van der Waals surface area (Å²) in [5.41, 5.74) is 1.09. The van der Waals surface area contributed by atoms with E-state index in [9.17, 15) is 14.4 Å². The maximum absolute atomic E-state index is 12.5. The van der Waals surface area contributed by atoms with Crippen LogP contribution in [0.15, 0.2) is 48.8 Å². The van der Waals surface area contributed by atoms with Crippen LogP contribution in [-0.2, 0) is 9.59 Å². The number of nitrogens with one attached hydrogen (secondary N) is 2. The highest BCUT2D eigenvalue weighted by Gasteiger charge is 2.25. The lowest BCUT2D eigenvalue weighted by molar-refractivity contribution is -0.136. The molecule has 0 aliphatic carbocycles. The summed E-state index contributed by atoms with van der Waals surface area (Å²) in [6.07, 6.45) is 4.75. The van der Waals surface area contributed by atoms with Gasteiger partial charge < -0.3 is 20.3 Å². The predicted molar refractivity (Wildman–Crippen MR) is 112 cm³/mol. The van der Waals surface area contributed by atoms with Crippen LogP contribution in [0.1, 0.15) is 30.1 Å². The molecule has 2 N–H and O–H groups in total. The number of pyridine rings is 1. The fourth-order valence-corrected chi connectivity index (χ4v) is 3.36. The van der Waals surface area contributed by atoms with Crippen molar-refractivity contribution in [2.45, 2.75) is 19.8 Å². The van der Waals surface area contributed by atoms with Crippen LogP contribution < -0.4 is 15.4 Å². The number of rotatable bonds is 6. The minimum absolute atomic E-state index is 0.00720. The van der Waals surface area contributed by atoms with Crippen molar-refractivity contribution in [1.82, 2.24) is 15.2 Å². The number of carbonyl (C=O) groups excluding carboxylic acids is 3. The molecule has 3 rings (SSSR count). The number of nitrogens with zero attached hydrogens (tertiary/aromatic N) is 2. The number of likely N-dealkylation sites (tertiary alicyclic amines) is 1. The third-order valence-corrected chi connectivity index (χ3v) is 5.02. The summed E-state index contributed by atoms with van der Waals surface area (Å²) >= 11 is 0. The van der Waals surface area contributed by atoms with E-state index in [0.29, 0.717) is 43.2 Å². The van der Waals surface area contributed by atoms with Crippen LogP contribution in [-0.4, -0.2) is 53.8 Å². The molecule has 3 amide bonds. The van der Waals surface area contributed by atoms with E-state index < -0.39 is 11.8 Å². The van der Waals surface area contributed by atoms with Crippen molar-refractivity contribution in [3.8, 4) is 5.75 Å². The Labute approximate surface area is 175 Å². The Kier molecular flexibility index (Phi) is 7.37. The van der Waals surface area contributed by atoms with E-state index in [-0.39, 0.29) is 11.8 Å². The number of ether oxygens (including phenoxy) is 1. The zero-order chi connectivity index (χ0) is 21.3. The Bertz CT molecular complexity index is 880. The molecule has 0 spiro atoms. The van der Waals surface area contributed by atoms with Gasteiger partial charge in [-0.3, -0.25) is 19.4 Å². The van der Waals surface area contributed by atoms with Gasteiger partial charge in [-0.15, -0.1) is 0 Å². The first kappa shape index (κ1) is 21.3. The number of aromatic nitrogens is 1. The standard InChI is InChI=1S/C22H26N4O4/c1-2-30-19-6-4-3-5-18(19)25-21(28)20(27)24-15-16-9-13-26(14-10-16)22(29)17-7-11-23-12-8-17/h3-8,11-12,16H,2,9-10,13-15H2,1H3,(H,24,27)(H,25,28). The van der Waals surface area contributed by atoms with Crippen LogP contribution in [0.3, 0.4) is 0 Å². The number of amides is 3. The molecule has 8 heteroatoms. The van der Waals surface area contributed by atoms with E-state index in [2.05, 4.69) is 15.6 Å². The van der Waals surface area contributed by atoms with Crippen LogP contribution in [0.5, 0.6) is 5.75 Å². The number of carbonyl (C=O) groups is 3. The second kappa shape index (κ2) is 10.4. The third kappa shape index (κ3) is 5.56. The highest BCUT2D eigenvalue weighted by atomic mass is 16.5. The first-order valence-electron chi connectivity index (χ1n) is 10.1. The number of benzene rings is 1. The van der Waals surface area contributed by atoms with Crippen molar-refractivity contribution in [1.29, 1.82) is 0 Å². The second-order valence-electron chi connectivity index (χ2n) is 7.06. The zero-order valence-electron chi connectivity index (χ0n) is 17.0. The predicted octanol–water partition coefficient (Wildman–Crippen LogP) is 2.09. The molecular formula is C22H26N4O4. The molecule has 1 aromatic carbocycles. The lowest BCUT2D eigenvalue weighted by atomic mass is 9.96. The Morgan fingerprint density at radius 2 is 1.77 bits per heavy atom. The molecule has 2 aromatic rings. The number of hydrogen-bond acceptors (Lipinski definition) is 5. The van der Waals surface area contributed by atoms with E-state index in [1.165, 1.54) is 0 Å². The smallest absolute Gasteiger partial charge is 0.313 e. The van der Waals surface area contributed by atoms with Crippen molar-refractivity contribution in [2.24, 2.45) is 5.92 Å². The van der Waals surface area contributed by atoms with Gasteiger partial charge in [-0.05, 0) is 49.9 Å². The average molecular weight is 410 g/mol. The maximum Gasteiger partial charge on any atom is 0.313 e. The molecule has 1 aliphatic heterocycles. The van der Waals surface area contributed by atoms with Gasteiger partial charge in [0.15, 0.2) is 0 Å². The van der Waals surface area contributed by atoms with E-state index in [4.69, 9.17) is 4.74 Å². The zero-order valence-corrected chi connectivity index (χ0v) is 17.0. The van der Waals surface area contributed by atoms with Gasteiger partial charge in [-0.25, -0.2) is 0 Å². The van der Waals surface area contributed by atoms with Gasteiger partial charge in [0.1, 0.15) is 5.75 Å². The fraction of sp³-hybridized carbons (Fsp3) is 0.364. The molecule has 1 aliphatic rings. The summed E-state index contributed by atoms with van der Waals surface area (Å²) < 4.78 is 5.45. The van der Waals surface area contributed by atoms with Gasteiger partial charge in [0, 0.05) is 37.6 Å². The Hall–Kier alpha value is -3.42. The molecule has 0 saturated carbocycles. The molecule has 1 aromatic heterocycles. The lowest BCUT2D eigenvalue weighted by Crippen LogP contribution is -2.43. The van der Waals surface area contributed by atoms with Crippen molar-refractivity contribution >= 4 is 23.4 Å². The molecule has 1 fully saturated rings. The molecule has 0 radical (unpaired) electrons. The molecule has 2 heterocycles. The molecule has 1 saturated heterocycles. The van der Waals surface area contributed by atoms with E-state index in [0.717, 1.165) is 12.8 Å². The molecule has 158 valence electrons. The van der Waals surface area contributed by atoms with Crippen LogP contribution in [0.2, 0.25) is 0 Å². The largest absolute Gasteiger partial charge is 0.492 e. The summed E-state index contributed by atoms with van der Waals surface area (Å²) in [5.74, 6) is -0.678. The second-order valence-corrected chi connectivity index (χ2v) is 7.06. The summed E-state index contributed by atoms with van der Waals surface area (Å²) in [5, 5.41) is 5.29. The molecule has 0 unspecified atom stereocenters. The number of anilines is 1. The van der Waals surface area contributed by atoms with Gasteiger partial charge in [0.25, 0.3) is 5.91 Å². The Balaban J connectivity index is 1.43. The van der Waals surface area contributed by atoms with Crippen LogP contribution >= 0.6 is 0 Å². The highest BCUT2D eigenvalue weighted by Crippen LogP contribution is 2.23. The number of hydrogen-bond donors (Lipinski definition) is 2. The topological polar surface area (TPSA) is 101 Å². The monoisotopic (exact) mass is 410 g/mol. The van der Waals surface area contributed by atoms with Crippen molar-refractivity contribution in [2.75, 3.05) is 31.6 Å². The summed E-state index contributed by atoms with van der Waals surface area (Å²) in [6, 6.07) is 10.4. The molecule has 0 atom stereocenters. The lowest BCUT2D eigenvalue weighted by Gasteiger charge is -2.32. The number of para-hydroxylation sites is 2. The van der Waals surface area contributed by atoms with Gasteiger partial charge in [-0.2, -0.15) is 0 Å². The molecule has 8 nitrogen and oxygen atoms in total. The summed E-state index contributed by atoms with van der Waals surface area (Å²) in [4.78, 5) is 42.6. The minimum atomic E-state index is -0.729. The first-order chi connectivity index (χ1) is 14.6. The number of piperidine rings is 1. The normalized spacial score (nSPS) is 14.1. The SMILES string of the molecule is CCOc1ccccc1NC(=O)C(=O)NCC1CCN(C(=O)c2ccncc2)CC1. The Morgan fingerprint density at radius 1 is 1.07 bits per heavy atom. The first-order valence-corrected chi connectivity index (χ1v) is 10.1. The quantitative estimate of drug-likeness (QED) is 0.710. The van der Waals surface area contributed by atoms with Gasteiger partial charge in [-0.1, -0.05) is 12.1 Å². The molecular weight excluding hydrogens is 384 g/mol. The Morgan fingerprint density at radius 3 is 2.47 bits per heavy atom. The van der Waals surface area contributed by atoms with Gasteiger partial charge in [0.05, 0.1) is 12.3 Å². The van der Waals surface area contributed by atoms with Gasteiger partial charge >= 0.3 is 11.8 Å². The average Bonchev–Trinajstić information content (AvgIpc) is 2.79. The van der Waals surface area contributed by atoms with E-state index >= 15 is 0 Å². The fourth-order valence-electron chi connectivity index (χ4n) is 3.36. The molecule has 30 heavy (non-hydrogen) atoms. The van der Waals surface area contributed by atoms with Gasteiger partial charge in [0.2, 0.25) is 0 Å². The maximum atomic E-state index is 12.5. The van der Waals surface area contributed by atoms with Crippen molar-refractivity contribution in [3.63, 3.8) is 0 Å². The van der Waals surface area contributed by atoms with Crippen LogP contribution in [0.4, 0.5) is 5.69 Å². The van der Waals surface area contributed by atoms with Crippen molar-refractivity contribution in [3.05, 3.63) is 54.4 Å². The third-order valence-electron chi connectivity index (χ3n) is 5.02. The summed E-state index contributed by atoms with van der Waals surface area (Å²) in [7, 11) is 0. The van der Waals surface area contributed by atoms with E-state index in [1.807, 2.05) is 11.8 Å².